The van der Waals surface area contributed by atoms with E-state index in [0.29, 0.717) is 13.2 Å². The van der Waals surface area contributed by atoms with Crippen LogP contribution >= 0.6 is 0 Å². The van der Waals surface area contributed by atoms with Crippen LogP contribution in [0, 0.1) is 0 Å². The summed E-state index contributed by atoms with van der Waals surface area (Å²) in [6.45, 7) is 1.08. The summed E-state index contributed by atoms with van der Waals surface area (Å²) in [4.78, 5) is 11.7. The van der Waals surface area contributed by atoms with Crippen LogP contribution in [0.3, 0.4) is 0 Å². The maximum absolute atomic E-state index is 11.7. The largest absolute Gasteiger partial charge is 0.489 e. The highest BCUT2D eigenvalue weighted by Gasteiger charge is 2.16. The van der Waals surface area contributed by atoms with Gasteiger partial charge in [0.05, 0.1) is 0 Å². The number of primary amides is 1. The Balaban J connectivity index is 1.56. The fourth-order valence-electron chi connectivity index (χ4n) is 2.69. The highest BCUT2D eigenvalue weighted by Crippen LogP contribution is 2.16. The van der Waals surface area contributed by atoms with E-state index in [9.17, 15) is 4.79 Å². The zero-order valence-electron chi connectivity index (χ0n) is 14.5. The molecule has 26 heavy (non-hydrogen) atoms. The topological polar surface area (TPSA) is 64.4 Å². The van der Waals surface area contributed by atoms with Crippen LogP contribution in [0.15, 0.2) is 84.9 Å². The highest BCUT2D eigenvalue weighted by atomic mass is 16.5. The lowest BCUT2D eigenvalue weighted by Crippen LogP contribution is -2.33. The Labute approximate surface area is 153 Å². The van der Waals surface area contributed by atoms with Gasteiger partial charge in [-0.2, -0.15) is 0 Å². The van der Waals surface area contributed by atoms with Gasteiger partial charge in [-0.1, -0.05) is 72.8 Å². The number of amides is 1. The van der Waals surface area contributed by atoms with Gasteiger partial charge in [-0.05, 0) is 28.8 Å². The minimum atomic E-state index is -0.509. The van der Waals surface area contributed by atoms with E-state index < -0.39 is 6.04 Å². The van der Waals surface area contributed by atoms with E-state index in [1.807, 2.05) is 84.9 Å². The van der Waals surface area contributed by atoms with Crippen LogP contribution in [0.5, 0.6) is 5.75 Å². The number of hydrogen-bond donors (Lipinski definition) is 2. The number of carbonyl (C=O) groups is 1. The van der Waals surface area contributed by atoms with Gasteiger partial charge in [0.1, 0.15) is 18.4 Å². The summed E-state index contributed by atoms with van der Waals surface area (Å²) in [6, 6.07) is 26.9. The predicted octanol–water partition coefficient (Wildman–Crippen LogP) is 3.58. The molecule has 3 aromatic rings. The molecule has 4 heteroatoms. The summed E-state index contributed by atoms with van der Waals surface area (Å²) in [5, 5.41) is 3.21. The molecule has 132 valence electrons. The smallest absolute Gasteiger partial charge is 0.239 e. The van der Waals surface area contributed by atoms with Crippen molar-refractivity contribution < 1.29 is 9.53 Å². The third-order valence-electron chi connectivity index (χ3n) is 4.10. The summed E-state index contributed by atoms with van der Waals surface area (Å²) in [5.41, 5.74) is 8.58. The van der Waals surface area contributed by atoms with Crippen molar-refractivity contribution in [2.24, 2.45) is 5.73 Å². The fourth-order valence-corrected chi connectivity index (χ4v) is 2.69. The quantitative estimate of drug-likeness (QED) is 0.655. The van der Waals surface area contributed by atoms with Crippen LogP contribution in [-0.2, 0) is 17.9 Å². The molecule has 0 fully saturated rings. The highest BCUT2D eigenvalue weighted by molar-refractivity contribution is 5.81. The number of ether oxygens (including phenoxy) is 1. The first-order chi connectivity index (χ1) is 12.7. The molecule has 0 aliphatic carbocycles. The molecule has 0 saturated heterocycles. The molecule has 0 saturated carbocycles. The molecule has 3 rings (SSSR count). The van der Waals surface area contributed by atoms with Crippen molar-refractivity contribution >= 4 is 5.91 Å². The average Bonchev–Trinajstić information content (AvgIpc) is 2.69. The second kappa shape index (κ2) is 8.83. The Bertz CT molecular complexity index is 818. The van der Waals surface area contributed by atoms with E-state index in [1.54, 1.807) is 0 Å². The second-order valence-electron chi connectivity index (χ2n) is 6.05. The SMILES string of the molecule is NC(=O)[C@@H](NCc1ccc(OCc2ccccc2)cc1)c1ccccc1. The van der Waals surface area contributed by atoms with Crippen molar-refractivity contribution in [1.82, 2.24) is 5.32 Å². The normalized spacial score (nSPS) is 11.7. The van der Waals surface area contributed by atoms with E-state index in [1.165, 1.54) is 0 Å². The minimum Gasteiger partial charge on any atom is -0.489 e. The third-order valence-corrected chi connectivity index (χ3v) is 4.10. The molecule has 0 aliphatic rings. The first kappa shape index (κ1) is 17.7. The fraction of sp³-hybridized carbons (Fsp3) is 0.136. The number of nitrogens with one attached hydrogen (secondary N) is 1. The maximum atomic E-state index is 11.7. The van der Waals surface area contributed by atoms with Gasteiger partial charge in [-0.15, -0.1) is 0 Å². The molecule has 0 bridgehead atoms. The van der Waals surface area contributed by atoms with Crippen molar-refractivity contribution in [2.75, 3.05) is 0 Å². The number of nitrogens with two attached hydrogens (primary N) is 1. The molecule has 1 atom stereocenters. The van der Waals surface area contributed by atoms with E-state index in [0.717, 1.165) is 22.4 Å². The maximum Gasteiger partial charge on any atom is 0.239 e. The van der Waals surface area contributed by atoms with Crippen molar-refractivity contribution in [2.45, 2.75) is 19.2 Å². The summed E-state index contributed by atoms with van der Waals surface area (Å²) in [7, 11) is 0. The van der Waals surface area contributed by atoms with Crippen molar-refractivity contribution in [1.29, 1.82) is 0 Å². The molecule has 3 aromatic carbocycles. The lowest BCUT2D eigenvalue weighted by atomic mass is 10.1. The molecular weight excluding hydrogens is 324 g/mol. The molecule has 0 heterocycles. The molecule has 0 unspecified atom stereocenters. The lowest BCUT2D eigenvalue weighted by molar-refractivity contribution is -0.120. The molecule has 0 radical (unpaired) electrons. The Morgan fingerprint density at radius 1 is 0.846 bits per heavy atom. The van der Waals surface area contributed by atoms with Gasteiger partial charge in [-0.25, -0.2) is 0 Å². The van der Waals surface area contributed by atoms with Crippen LogP contribution in [0.2, 0.25) is 0 Å². The van der Waals surface area contributed by atoms with Gasteiger partial charge in [0, 0.05) is 6.54 Å². The van der Waals surface area contributed by atoms with Gasteiger partial charge in [0.2, 0.25) is 5.91 Å². The molecule has 0 spiro atoms. The standard InChI is InChI=1S/C22H22N2O2/c23-22(25)21(19-9-5-2-6-10-19)24-15-17-11-13-20(14-12-17)26-16-18-7-3-1-4-8-18/h1-14,21,24H,15-16H2,(H2,23,25)/t21-/m0/s1. The lowest BCUT2D eigenvalue weighted by Gasteiger charge is -2.16. The summed E-state index contributed by atoms with van der Waals surface area (Å²) < 4.78 is 5.79. The summed E-state index contributed by atoms with van der Waals surface area (Å²) >= 11 is 0. The average molecular weight is 346 g/mol. The van der Waals surface area contributed by atoms with E-state index >= 15 is 0 Å². The summed E-state index contributed by atoms with van der Waals surface area (Å²) in [6.07, 6.45) is 0. The van der Waals surface area contributed by atoms with E-state index in [2.05, 4.69) is 5.32 Å². The molecular formula is C22H22N2O2. The van der Waals surface area contributed by atoms with Crippen molar-refractivity contribution in [3.8, 4) is 5.75 Å². The van der Waals surface area contributed by atoms with Gasteiger partial charge < -0.3 is 10.5 Å². The van der Waals surface area contributed by atoms with Crippen LogP contribution < -0.4 is 15.8 Å². The third kappa shape index (κ3) is 4.94. The Morgan fingerprint density at radius 3 is 2.08 bits per heavy atom. The van der Waals surface area contributed by atoms with Crippen molar-refractivity contribution in [3.63, 3.8) is 0 Å². The molecule has 0 aromatic heterocycles. The zero-order valence-corrected chi connectivity index (χ0v) is 14.5. The Morgan fingerprint density at radius 2 is 1.46 bits per heavy atom. The molecule has 0 aliphatic heterocycles. The van der Waals surface area contributed by atoms with Crippen molar-refractivity contribution in [3.05, 3.63) is 102 Å². The van der Waals surface area contributed by atoms with Gasteiger partial charge >= 0.3 is 0 Å². The number of benzene rings is 3. The Hall–Kier alpha value is -3.11. The van der Waals surface area contributed by atoms with Gasteiger partial charge in [0.25, 0.3) is 0 Å². The minimum absolute atomic E-state index is 0.390. The van der Waals surface area contributed by atoms with E-state index in [-0.39, 0.29) is 5.91 Å². The zero-order chi connectivity index (χ0) is 18.2. The number of rotatable bonds is 8. The Kier molecular flexibility index (Phi) is 6.01. The van der Waals surface area contributed by atoms with Crippen LogP contribution in [0.25, 0.3) is 0 Å². The summed E-state index contributed by atoms with van der Waals surface area (Å²) in [5.74, 6) is 0.422. The first-order valence-electron chi connectivity index (χ1n) is 8.56. The first-order valence-corrected chi connectivity index (χ1v) is 8.56. The monoisotopic (exact) mass is 346 g/mol. The van der Waals surface area contributed by atoms with Gasteiger partial charge in [-0.3, -0.25) is 10.1 Å². The van der Waals surface area contributed by atoms with Crippen LogP contribution in [0.1, 0.15) is 22.7 Å². The van der Waals surface area contributed by atoms with E-state index in [4.69, 9.17) is 10.5 Å². The predicted molar refractivity (Wildman–Crippen MR) is 102 cm³/mol. The molecule has 3 N–H and O–H groups in total. The molecule has 4 nitrogen and oxygen atoms in total. The molecule has 1 amide bonds. The number of carbonyl (C=O) groups excluding carboxylic acids is 1. The second-order valence-corrected chi connectivity index (χ2v) is 6.05. The number of hydrogen-bond acceptors (Lipinski definition) is 3. The van der Waals surface area contributed by atoms with Gasteiger partial charge in [0.15, 0.2) is 0 Å². The van der Waals surface area contributed by atoms with Crippen LogP contribution in [-0.4, -0.2) is 5.91 Å². The van der Waals surface area contributed by atoms with Crippen LogP contribution in [0.4, 0.5) is 0 Å².